The number of hydrogen-bond donors (Lipinski definition) is 0. The van der Waals surface area contributed by atoms with E-state index >= 15 is 0 Å². The normalized spacial score (nSPS) is 22.2. The van der Waals surface area contributed by atoms with E-state index in [9.17, 15) is 9.59 Å². The van der Waals surface area contributed by atoms with Crippen molar-refractivity contribution in [1.82, 2.24) is 4.90 Å². The lowest BCUT2D eigenvalue weighted by Crippen LogP contribution is -2.21. The van der Waals surface area contributed by atoms with Crippen molar-refractivity contribution < 1.29 is 14.4 Å². The molecule has 1 aliphatic heterocycles. The Labute approximate surface area is 69.6 Å². The highest BCUT2D eigenvalue weighted by Crippen LogP contribution is 2.15. The molecule has 0 spiro atoms. The van der Waals surface area contributed by atoms with E-state index in [0.717, 1.165) is 6.21 Å². The number of amides is 1. The summed E-state index contributed by atoms with van der Waals surface area (Å²) in [6, 6.07) is 0. The molecule has 0 bridgehead atoms. The van der Waals surface area contributed by atoms with Gasteiger partial charge in [0.25, 0.3) is 0 Å². The molecule has 1 rings (SSSR count). The van der Waals surface area contributed by atoms with E-state index in [2.05, 4.69) is 4.79 Å². The standard InChI is InChI=1S/C7H9N3O2/c1-10-4-5(2-7(10)12)6(11)3-9-8/h3,5H,2,4H2,1H3. The van der Waals surface area contributed by atoms with Gasteiger partial charge in [0.2, 0.25) is 11.7 Å². The quantitative estimate of drug-likeness (QED) is 0.311. The molecule has 5 heteroatoms. The molecule has 64 valence electrons. The molecule has 5 nitrogen and oxygen atoms in total. The van der Waals surface area contributed by atoms with Crippen LogP contribution in [0.2, 0.25) is 0 Å². The van der Waals surface area contributed by atoms with Crippen molar-refractivity contribution in [2.75, 3.05) is 13.6 Å². The first-order valence-electron chi connectivity index (χ1n) is 3.60. The summed E-state index contributed by atoms with van der Waals surface area (Å²) in [4.78, 5) is 26.1. The highest BCUT2D eigenvalue weighted by molar-refractivity contribution is 6.27. The van der Waals surface area contributed by atoms with Gasteiger partial charge >= 0.3 is 6.21 Å². The Bertz CT molecular complexity index is 268. The molecule has 12 heavy (non-hydrogen) atoms. The summed E-state index contributed by atoms with van der Waals surface area (Å²) < 4.78 is 0. The van der Waals surface area contributed by atoms with Crippen LogP contribution in [0.3, 0.4) is 0 Å². The SMILES string of the molecule is CN1CC(C(=O)C=[N+]=[N-])CC1=O. The van der Waals surface area contributed by atoms with Crippen LogP contribution in [-0.2, 0) is 9.59 Å². The van der Waals surface area contributed by atoms with E-state index in [1.807, 2.05) is 0 Å². The van der Waals surface area contributed by atoms with Crippen LogP contribution in [0.25, 0.3) is 5.53 Å². The van der Waals surface area contributed by atoms with Crippen LogP contribution >= 0.6 is 0 Å². The van der Waals surface area contributed by atoms with Crippen LogP contribution in [0.4, 0.5) is 0 Å². The first-order chi connectivity index (χ1) is 5.65. The molecule has 1 aliphatic rings. The van der Waals surface area contributed by atoms with Crippen LogP contribution in [0.5, 0.6) is 0 Å². The minimum absolute atomic E-state index is 0.0420. The summed E-state index contributed by atoms with van der Waals surface area (Å²) >= 11 is 0. The van der Waals surface area contributed by atoms with Crippen LogP contribution < -0.4 is 0 Å². The fourth-order valence-electron chi connectivity index (χ4n) is 1.22. The van der Waals surface area contributed by atoms with E-state index in [0.29, 0.717) is 6.54 Å². The smallest absolute Gasteiger partial charge is 0.323 e. The highest BCUT2D eigenvalue weighted by atomic mass is 16.2. The minimum atomic E-state index is -0.335. The topological polar surface area (TPSA) is 73.8 Å². The number of carbonyl (C=O) groups is 2. The number of likely N-dealkylation sites (tertiary alicyclic amines) is 1. The van der Waals surface area contributed by atoms with Gasteiger partial charge in [-0.2, -0.15) is 4.79 Å². The second-order valence-electron chi connectivity index (χ2n) is 2.82. The Kier molecular flexibility index (Phi) is 2.35. The molecule has 0 aromatic heterocycles. The molecular weight excluding hydrogens is 158 g/mol. The third-order valence-electron chi connectivity index (χ3n) is 1.93. The van der Waals surface area contributed by atoms with Gasteiger partial charge in [0.05, 0.1) is 5.92 Å². The maximum atomic E-state index is 11.0. The van der Waals surface area contributed by atoms with E-state index in [4.69, 9.17) is 5.53 Å². The Balaban J connectivity index is 2.63. The van der Waals surface area contributed by atoms with Gasteiger partial charge in [-0.25, -0.2) is 0 Å². The summed E-state index contributed by atoms with van der Waals surface area (Å²) in [7, 11) is 1.64. The molecule has 1 heterocycles. The summed E-state index contributed by atoms with van der Waals surface area (Å²) in [6.07, 6.45) is 1.07. The lowest BCUT2D eigenvalue weighted by atomic mass is 10.0. The van der Waals surface area contributed by atoms with Gasteiger partial charge < -0.3 is 10.4 Å². The summed E-state index contributed by atoms with van der Waals surface area (Å²) in [5.74, 6) is -0.673. The zero-order chi connectivity index (χ0) is 9.14. The van der Waals surface area contributed by atoms with Crippen molar-refractivity contribution in [3.8, 4) is 0 Å². The van der Waals surface area contributed by atoms with E-state index < -0.39 is 0 Å². The van der Waals surface area contributed by atoms with Gasteiger partial charge in [-0.3, -0.25) is 9.59 Å². The van der Waals surface area contributed by atoms with Crippen LogP contribution in [-0.4, -0.2) is 41.2 Å². The van der Waals surface area contributed by atoms with Crippen molar-refractivity contribution >= 4 is 17.9 Å². The summed E-state index contributed by atoms with van der Waals surface area (Å²) in [5, 5.41) is 0. The first-order valence-corrected chi connectivity index (χ1v) is 3.60. The van der Waals surface area contributed by atoms with Crippen molar-refractivity contribution in [3.63, 3.8) is 0 Å². The summed E-state index contributed by atoms with van der Waals surface area (Å²) in [6.45, 7) is 0.420. The largest absolute Gasteiger partial charge is 0.361 e. The van der Waals surface area contributed by atoms with Crippen molar-refractivity contribution in [3.05, 3.63) is 5.53 Å². The molecule has 0 aromatic rings. The molecule has 0 radical (unpaired) electrons. The molecule has 1 unspecified atom stereocenters. The predicted octanol–water partition coefficient (Wildman–Crippen LogP) is -0.666. The van der Waals surface area contributed by atoms with Crippen molar-refractivity contribution in [1.29, 1.82) is 0 Å². The Morgan fingerprint density at radius 2 is 2.50 bits per heavy atom. The average molecular weight is 167 g/mol. The fourth-order valence-corrected chi connectivity index (χ4v) is 1.22. The average Bonchev–Trinajstić information content (AvgIpc) is 2.33. The molecule has 1 amide bonds. The maximum Gasteiger partial charge on any atom is 0.323 e. The van der Waals surface area contributed by atoms with Gasteiger partial charge in [0, 0.05) is 20.0 Å². The van der Waals surface area contributed by atoms with Gasteiger partial charge in [-0.05, 0) is 0 Å². The number of nitrogens with zero attached hydrogens (tertiary/aromatic N) is 3. The minimum Gasteiger partial charge on any atom is -0.361 e. The van der Waals surface area contributed by atoms with Gasteiger partial charge in [0.1, 0.15) is 0 Å². The lowest BCUT2D eigenvalue weighted by molar-refractivity contribution is -0.127. The zero-order valence-corrected chi connectivity index (χ0v) is 6.73. The van der Waals surface area contributed by atoms with E-state index in [1.165, 1.54) is 4.90 Å². The van der Waals surface area contributed by atoms with Gasteiger partial charge in [-0.1, -0.05) is 0 Å². The Morgan fingerprint density at radius 3 is 2.92 bits per heavy atom. The number of carbonyl (C=O) groups excluding carboxylic acids is 2. The molecule has 1 atom stereocenters. The summed E-state index contributed by atoms with van der Waals surface area (Å²) in [5.41, 5.74) is 8.08. The molecule has 0 N–H and O–H groups in total. The van der Waals surface area contributed by atoms with Crippen molar-refractivity contribution in [2.24, 2.45) is 5.92 Å². The number of ketones is 1. The Morgan fingerprint density at radius 1 is 1.83 bits per heavy atom. The van der Waals surface area contributed by atoms with Crippen molar-refractivity contribution in [2.45, 2.75) is 6.42 Å². The molecular formula is C7H9N3O2. The monoisotopic (exact) mass is 167 g/mol. The van der Waals surface area contributed by atoms with Crippen LogP contribution in [0.15, 0.2) is 0 Å². The Hall–Kier alpha value is -1.48. The fraction of sp³-hybridized carbons (Fsp3) is 0.571. The van der Waals surface area contributed by atoms with E-state index in [-0.39, 0.29) is 24.0 Å². The molecule has 1 fully saturated rings. The predicted molar refractivity (Wildman–Crippen MR) is 40.4 cm³/mol. The number of rotatable bonds is 2. The second kappa shape index (κ2) is 3.28. The number of Topliss-reactive ketones (excluding diaryl/α,β-unsaturated/α-hetero) is 1. The zero-order valence-electron chi connectivity index (χ0n) is 6.73. The lowest BCUT2D eigenvalue weighted by Gasteiger charge is -2.05. The number of hydrogen-bond acceptors (Lipinski definition) is 2. The van der Waals surface area contributed by atoms with Gasteiger partial charge in [-0.15, -0.1) is 0 Å². The van der Waals surface area contributed by atoms with Gasteiger partial charge in [0.15, 0.2) is 0 Å². The molecule has 0 saturated carbocycles. The highest BCUT2D eigenvalue weighted by Gasteiger charge is 2.32. The third kappa shape index (κ3) is 1.57. The van der Waals surface area contributed by atoms with Crippen LogP contribution in [0, 0.1) is 5.92 Å². The van der Waals surface area contributed by atoms with Crippen LogP contribution in [0.1, 0.15) is 6.42 Å². The first kappa shape index (κ1) is 8.62. The van der Waals surface area contributed by atoms with E-state index in [1.54, 1.807) is 7.05 Å². The maximum absolute atomic E-state index is 11.0. The molecule has 0 aromatic carbocycles. The second-order valence-corrected chi connectivity index (χ2v) is 2.82. The molecule has 0 aliphatic carbocycles. The third-order valence-corrected chi connectivity index (χ3v) is 1.93. The molecule has 1 saturated heterocycles.